The Hall–Kier alpha value is -3.68. The van der Waals surface area contributed by atoms with Gasteiger partial charge in [-0.2, -0.15) is 0 Å². The van der Waals surface area contributed by atoms with Gasteiger partial charge in [0.25, 0.3) is 11.2 Å². The molecule has 1 atom stereocenters. The zero-order valence-electron chi connectivity index (χ0n) is 15.4. The molecule has 2 aromatic carbocycles. The number of carbonyl (C=O) groups excluding carboxylic acids is 1. The summed E-state index contributed by atoms with van der Waals surface area (Å²) in [7, 11) is 0. The number of anilines is 1. The SMILES string of the molecule is CCOc1ccc(NC(=O)C(C)n2c(=O)ccc3cc([N+](=O)[O-])ccc32)cc1. The summed E-state index contributed by atoms with van der Waals surface area (Å²) in [5.74, 6) is 0.317. The normalized spacial score (nSPS) is 11.8. The number of benzene rings is 2. The maximum Gasteiger partial charge on any atom is 0.270 e. The smallest absolute Gasteiger partial charge is 0.270 e. The fourth-order valence-corrected chi connectivity index (χ4v) is 2.93. The van der Waals surface area contributed by atoms with Crippen molar-refractivity contribution in [3.63, 3.8) is 0 Å². The number of carbonyl (C=O) groups is 1. The molecule has 0 aliphatic carbocycles. The van der Waals surface area contributed by atoms with Crippen molar-refractivity contribution >= 4 is 28.2 Å². The van der Waals surface area contributed by atoms with Crippen LogP contribution in [0.5, 0.6) is 5.75 Å². The van der Waals surface area contributed by atoms with Crippen LogP contribution in [-0.4, -0.2) is 22.0 Å². The number of fused-ring (bicyclic) bond motifs is 1. The molecule has 0 bridgehead atoms. The third-order valence-electron chi connectivity index (χ3n) is 4.32. The van der Waals surface area contributed by atoms with Crippen molar-refractivity contribution in [2.75, 3.05) is 11.9 Å². The molecule has 1 N–H and O–H groups in total. The van der Waals surface area contributed by atoms with Gasteiger partial charge in [0, 0.05) is 29.3 Å². The predicted molar refractivity (Wildman–Crippen MR) is 106 cm³/mol. The van der Waals surface area contributed by atoms with Crippen molar-refractivity contribution in [1.29, 1.82) is 0 Å². The highest BCUT2D eigenvalue weighted by molar-refractivity contribution is 5.94. The molecule has 28 heavy (non-hydrogen) atoms. The molecule has 0 fully saturated rings. The molecule has 3 rings (SSSR count). The van der Waals surface area contributed by atoms with Crippen LogP contribution in [0.2, 0.25) is 0 Å². The average Bonchev–Trinajstić information content (AvgIpc) is 2.68. The molecular formula is C20H19N3O5. The summed E-state index contributed by atoms with van der Waals surface area (Å²) in [5, 5.41) is 14.2. The van der Waals surface area contributed by atoms with Crippen LogP contribution in [0, 0.1) is 10.1 Å². The third-order valence-corrected chi connectivity index (χ3v) is 4.32. The molecule has 8 heteroatoms. The summed E-state index contributed by atoms with van der Waals surface area (Å²) in [4.78, 5) is 35.6. The Morgan fingerprint density at radius 2 is 1.89 bits per heavy atom. The van der Waals surface area contributed by atoms with Gasteiger partial charge in [-0.15, -0.1) is 0 Å². The van der Waals surface area contributed by atoms with E-state index in [1.165, 1.54) is 34.9 Å². The molecule has 1 heterocycles. The molecule has 144 valence electrons. The zero-order valence-corrected chi connectivity index (χ0v) is 15.4. The lowest BCUT2D eigenvalue weighted by atomic mass is 10.1. The van der Waals surface area contributed by atoms with Crippen LogP contribution >= 0.6 is 0 Å². The monoisotopic (exact) mass is 381 g/mol. The van der Waals surface area contributed by atoms with E-state index in [0.29, 0.717) is 28.9 Å². The van der Waals surface area contributed by atoms with E-state index in [0.717, 1.165) is 0 Å². The molecule has 0 radical (unpaired) electrons. The first-order chi connectivity index (χ1) is 13.4. The standard InChI is InChI=1S/C20H19N3O5/c1-3-28-17-8-5-15(6-9-17)21-20(25)13(2)22-18-10-7-16(23(26)27)12-14(18)4-11-19(22)24/h4-13H,3H2,1-2H3,(H,21,25). The Bertz CT molecular complexity index is 1090. The van der Waals surface area contributed by atoms with Gasteiger partial charge in [0.05, 0.1) is 17.0 Å². The number of aromatic nitrogens is 1. The quantitative estimate of drug-likeness (QED) is 0.520. The molecular weight excluding hydrogens is 362 g/mol. The van der Waals surface area contributed by atoms with Crippen LogP contribution in [0.1, 0.15) is 19.9 Å². The van der Waals surface area contributed by atoms with E-state index in [4.69, 9.17) is 4.74 Å². The van der Waals surface area contributed by atoms with Crippen molar-refractivity contribution in [1.82, 2.24) is 4.57 Å². The number of rotatable bonds is 6. The first-order valence-electron chi connectivity index (χ1n) is 8.74. The van der Waals surface area contributed by atoms with Gasteiger partial charge in [0.15, 0.2) is 0 Å². The van der Waals surface area contributed by atoms with Gasteiger partial charge in [-0.3, -0.25) is 24.3 Å². The first-order valence-corrected chi connectivity index (χ1v) is 8.74. The largest absolute Gasteiger partial charge is 0.494 e. The van der Waals surface area contributed by atoms with Gasteiger partial charge >= 0.3 is 0 Å². The van der Waals surface area contributed by atoms with Gasteiger partial charge in [-0.05, 0) is 50.2 Å². The molecule has 0 spiro atoms. The highest BCUT2D eigenvalue weighted by atomic mass is 16.6. The summed E-state index contributed by atoms with van der Waals surface area (Å²) >= 11 is 0. The summed E-state index contributed by atoms with van der Waals surface area (Å²) in [6.07, 6.45) is 0. The molecule has 0 saturated carbocycles. The minimum atomic E-state index is -0.816. The lowest BCUT2D eigenvalue weighted by Gasteiger charge is -2.17. The summed E-state index contributed by atoms with van der Waals surface area (Å²) < 4.78 is 6.69. The number of hydrogen-bond donors (Lipinski definition) is 1. The fraction of sp³-hybridized carbons (Fsp3) is 0.200. The second-order valence-electron chi connectivity index (χ2n) is 6.16. The minimum absolute atomic E-state index is 0.0795. The zero-order chi connectivity index (χ0) is 20.3. The molecule has 3 aromatic rings. The number of nitro groups is 1. The second kappa shape index (κ2) is 7.91. The highest BCUT2D eigenvalue weighted by Crippen LogP contribution is 2.23. The van der Waals surface area contributed by atoms with Gasteiger partial charge in [0.2, 0.25) is 5.91 Å². The molecule has 1 unspecified atom stereocenters. The van der Waals surface area contributed by atoms with Crippen molar-refractivity contribution in [2.45, 2.75) is 19.9 Å². The van der Waals surface area contributed by atoms with E-state index in [-0.39, 0.29) is 17.2 Å². The van der Waals surface area contributed by atoms with Crippen LogP contribution in [0.4, 0.5) is 11.4 Å². The first kappa shape index (κ1) is 19.1. The number of hydrogen-bond acceptors (Lipinski definition) is 5. The minimum Gasteiger partial charge on any atom is -0.494 e. The second-order valence-corrected chi connectivity index (χ2v) is 6.16. The summed E-state index contributed by atoms with van der Waals surface area (Å²) in [6.45, 7) is 4.03. The van der Waals surface area contributed by atoms with Crippen LogP contribution in [-0.2, 0) is 4.79 Å². The third kappa shape index (κ3) is 3.85. The number of nitro benzene ring substituents is 1. The maximum atomic E-state index is 12.7. The van der Waals surface area contributed by atoms with Gasteiger partial charge in [-0.25, -0.2) is 0 Å². The molecule has 0 aliphatic heterocycles. The topological polar surface area (TPSA) is 103 Å². The number of ether oxygens (including phenoxy) is 1. The Morgan fingerprint density at radius 1 is 1.18 bits per heavy atom. The number of nitrogens with one attached hydrogen (secondary N) is 1. The Balaban J connectivity index is 1.90. The van der Waals surface area contributed by atoms with Crippen molar-refractivity contribution in [3.05, 3.63) is 75.1 Å². The predicted octanol–water partition coefficient (Wildman–Crippen LogP) is 3.51. The molecule has 0 aliphatic rings. The van der Waals surface area contributed by atoms with E-state index in [1.807, 2.05) is 6.92 Å². The van der Waals surface area contributed by atoms with Gasteiger partial charge in [0.1, 0.15) is 11.8 Å². The summed E-state index contributed by atoms with van der Waals surface area (Å²) in [5.41, 5.74) is 0.580. The van der Waals surface area contributed by atoms with E-state index >= 15 is 0 Å². The Labute approximate surface area is 160 Å². The number of pyridine rings is 1. The van der Waals surface area contributed by atoms with Crippen molar-refractivity contribution in [2.24, 2.45) is 0 Å². The fourth-order valence-electron chi connectivity index (χ4n) is 2.93. The van der Waals surface area contributed by atoms with E-state index < -0.39 is 11.0 Å². The molecule has 0 saturated heterocycles. The Morgan fingerprint density at radius 3 is 2.54 bits per heavy atom. The van der Waals surface area contributed by atoms with Crippen LogP contribution in [0.3, 0.4) is 0 Å². The van der Waals surface area contributed by atoms with Crippen molar-refractivity contribution in [3.8, 4) is 5.75 Å². The van der Waals surface area contributed by atoms with Gasteiger partial charge < -0.3 is 10.1 Å². The van der Waals surface area contributed by atoms with Crippen molar-refractivity contribution < 1.29 is 14.5 Å². The molecule has 1 amide bonds. The number of non-ortho nitro benzene ring substituents is 1. The lowest BCUT2D eigenvalue weighted by molar-refractivity contribution is -0.384. The Kier molecular flexibility index (Phi) is 5.39. The number of amides is 1. The van der Waals surface area contributed by atoms with Gasteiger partial charge in [-0.1, -0.05) is 0 Å². The van der Waals surface area contributed by atoms with Crippen LogP contribution < -0.4 is 15.6 Å². The van der Waals surface area contributed by atoms with Crippen LogP contribution in [0.25, 0.3) is 10.9 Å². The maximum absolute atomic E-state index is 12.7. The lowest BCUT2D eigenvalue weighted by Crippen LogP contribution is -2.31. The van der Waals surface area contributed by atoms with E-state index in [9.17, 15) is 19.7 Å². The van der Waals surface area contributed by atoms with E-state index in [2.05, 4.69) is 5.32 Å². The highest BCUT2D eigenvalue weighted by Gasteiger charge is 2.19. The average molecular weight is 381 g/mol. The molecule has 8 nitrogen and oxygen atoms in total. The van der Waals surface area contributed by atoms with E-state index in [1.54, 1.807) is 31.2 Å². The number of nitrogens with zero attached hydrogens (tertiary/aromatic N) is 2. The summed E-state index contributed by atoms with van der Waals surface area (Å²) in [6, 6.07) is 13.1. The van der Waals surface area contributed by atoms with Crippen LogP contribution in [0.15, 0.2) is 59.4 Å². The molecule has 1 aromatic heterocycles.